The first-order valence-corrected chi connectivity index (χ1v) is 8.79. The Kier molecular flexibility index (Phi) is 5.28. The second-order valence-corrected chi connectivity index (χ2v) is 6.93. The fourth-order valence-electron chi connectivity index (χ4n) is 3.94. The summed E-state index contributed by atoms with van der Waals surface area (Å²) >= 11 is 0. The Labute approximate surface area is 153 Å². The average molecular weight is 356 g/mol. The number of methoxy groups -OCH3 is 1. The normalized spacial score (nSPS) is 25.7. The molecule has 0 N–H and O–H groups in total. The van der Waals surface area contributed by atoms with Crippen molar-refractivity contribution in [3.05, 3.63) is 53.8 Å². The molecule has 1 unspecified atom stereocenters. The van der Waals surface area contributed by atoms with Crippen LogP contribution >= 0.6 is 0 Å². The third-order valence-corrected chi connectivity index (χ3v) is 5.38. The highest BCUT2D eigenvalue weighted by Gasteiger charge is 2.51. The quantitative estimate of drug-likeness (QED) is 0.553. The van der Waals surface area contributed by atoms with Crippen LogP contribution in [-0.2, 0) is 20.7 Å². The zero-order valence-corrected chi connectivity index (χ0v) is 15.2. The highest BCUT2D eigenvalue weighted by Crippen LogP contribution is 2.46. The highest BCUT2D eigenvalue weighted by molar-refractivity contribution is 5.93. The Morgan fingerprint density at radius 1 is 1.46 bits per heavy atom. The van der Waals surface area contributed by atoms with Crippen LogP contribution in [0.4, 0.5) is 0 Å². The summed E-state index contributed by atoms with van der Waals surface area (Å²) in [6.45, 7) is 6.01. The standard InChI is InChI=1S/C21H24O5/c1-4-5-16-11-21(20(10-18(16)23)25-13-26-21)14(2)8-15-6-7-19(24-3)17(9-15)12-22/h4,6-7,9-10,12,14,16H,1,5,8,11,13H2,2-3H3/t14?,16-,21+/m0/s1. The summed E-state index contributed by atoms with van der Waals surface area (Å²) in [5.41, 5.74) is 0.933. The molecule has 2 aliphatic rings. The van der Waals surface area contributed by atoms with E-state index >= 15 is 0 Å². The molecule has 0 amide bonds. The third-order valence-electron chi connectivity index (χ3n) is 5.38. The highest BCUT2D eigenvalue weighted by atomic mass is 16.7. The largest absolute Gasteiger partial charge is 0.496 e. The van der Waals surface area contributed by atoms with Crippen LogP contribution in [0.3, 0.4) is 0 Å². The molecular formula is C21H24O5. The van der Waals surface area contributed by atoms with Crippen LogP contribution in [0.2, 0.25) is 0 Å². The first-order chi connectivity index (χ1) is 12.5. The molecule has 0 radical (unpaired) electrons. The maximum Gasteiger partial charge on any atom is 0.189 e. The fourth-order valence-corrected chi connectivity index (χ4v) is 3.94. The molecule has 1 aromatic rings. The number of carbonyl (C=O) groups is 2. The van der Waals surface area contributed by atoms with Gasteiger partial charge in [0.2, 0.25) is 0 Å². The van der Waals surface area contributed by atoms with Crippen molar-refractivity contribution in [1.29, 1.82) is 0 Å². The Hall–Kier alpha value is -2.40. The molecular weight excluding hydrogens is 332 g/mol. The number of aldehydes is 1. The van der Waals surface area contributed by atoms with Gasteiger partial charge in [0.05, 0.1) is 12.7 Å². The summed E-state index contributed by atoms with van der Waals surface area (Å²) in [4.78, 5) is 23.6. The van der Waals surface area contributed by atoms with Gasteiger partial charge in [-0.2, -0.15) is 0 Å². The number of benzene rings is 1. The molecule has 1 fully saturated rings. The van der Waals surface area contributed by atoms with Crippen molar-refractivity contribution in [2.45, 2.75) is 31.8 Å². The van der Waals surface area contributed by atoms with Gasteiger partial charge in [-0.15, -0.1) is 6.58 Å². The van der Waals surface area contributed by atoms with E-state index in [1.165, 1.54) is 0 Å². The van der Waals surface area contributed by atoms with Crippen molar-refractivity contribution >= 4 is 12.1 Å². The maximum absolute atomic E-state index is 12.3. The van der Waals surface area contributed by atoms with Crippen molar-refractivity contribution in [1.82, 2.24) is 0 Å². The molecule has 1 aliphatic heterocycles. The van der Waals surface area contributed by atoms with Gasteiger partial charge < -0.3 is 14.2 Å². The van der Waals surface area contributed by atoms with Crippen molar-refractivity contribution < 1.29 is 23.8 Å². The molecule has 0 bridgehead atoms. The van der Waals surface area contributed by atoms with Gasteiger partial charge in [-0.3, -0.25) is 9.59 Å². The second-order valence-electron chi connectivity index (χ2n) is 6.93. The predicted molar refractivity (Wildman–Crippen MR) is 97.0 cm³/mol. The first-order valence-electron chi connectivity index (χ1n) is 8.79. The number of ketones is 1. The lowest BCUT2D eigenvalue weighted by Gasteiger charge is -2.38. The number of carbonyl (C=O) groups excluding carboxylic acids is 2. The Morgan fingerprint density at radius 2 is 2.27 bits per heavy atom. The van der Waals surface area contributed by atoms with Crippen LogP contribution in [0.25, 0.3) is 0 Å². The smallest absolute Gasteiger partial charge is 0.189 e. The van der Waals surface area contributed by atoms with Gasteiger partial charge in [-0.05, 0) is 42.9 Å². The summed E-state index contributed by atoms with van der Waals surface area (Å²) < 4.78 is 16.8. The zero-order chi connectivity index (χ0) is 18.7. The fraction of sp³-hybridized carbons (Fsp3) is 0.429. The SMILES string of the molecule is C=CC[C@H]1C[C@]2(C(C)Cc3ccc(OC)c(C=O)c3)OCOC2=CC1=O. The lowest BCUT2D eigenvalue weighted by atomic mass is 9.71. The lowest BCUT2D eigenvalue weighted by molar-refractivity contribution is -0.123. The molecule has 5 heteroatoms. The number of fused-ring (bicyclic) bond motifs is 1. The molecule has 0 saturated carbocycles. The van der Waals surface area contributed by atoms with E-state index in [4.69, 9.17) is 14.2 Å². The van der Waals surface area contributed by atoms with E-state index in [1.807, 2.05) is 12.1 Å². The van der Waals surface area contributed by atoms with Gasteiger partial charge >= 0.3 is 0 Å². The number of rotatable bonds is 7. The van der Waals surface area contributed by atoms with Gasteiger partial charge in [0.15, 0.2) is 18.9 Å². The number of allylic oxidation sites excluding steroid dienone is 2. The minimum Gasteiger partial charge on any atom is -0.496 e. The van der Waals surface area contributed by atoms with Crippen LogP contribution in [0.1, 0.15) is 35.7 Å². The van der Waals surface area contributed by atoms with Crippen LogP contribution < -0.4 is 4.74 Å². The summed E-state index contributed by atoms with van der Waals surface area (Å²) in [6, 6.07) is 5.60. The van der Waals surface area contributed by atoms with Crippen LogP contribution in [-0.4, -0.2) is 31.6 Å². The minimum absolute atomic E-state index is 0.0703. The van der Waals surface area contributed by atoms with E-state index in [2.05, 4.69) is 13.5 Å². The minimum atomic E-state index is -0.608. The Bertz CT molecular complexity index is 751. The summed E-state index contributed by atoms with van der Waals surface area (Å²) in [5.74, 6) is 1.19. The number of hydrogen-bond acceptors (Lipinski definition) is 5. The first kappa shape index (κ1) is 18.4. The van der Waals surface area contributed by atoms with E-state index in [9.17, 15) is 9.59 Å². The predicted octanol–water partition coefficient (Wildman–Crippen LogP) is 3.48. The molecule has 3 rings (SSSR count). The Balaban J connectivity index is 1.87. The van der Waals surface area contributed by atoms with E-state index in [1.54, 1.807) is 25.3 Å². The molecule has 1 aromatic carbocycles. The van der Waals surface area contributed by atoms with Gasteiger partial charge in [0.25, 0.3) is 0 Å². The van der Waals surface area contributed by atoms with Crippen LogP contribution in [0.15, 0.2) is 42.7 Å². The average Bonchev–Trinajstić information content (AvgIpc) is 3.06. The lowest BCUT2D eigenvalue weighted by Crippen LogP contribution is -2.44. The molecule has 0 spiro atoms. The molecule has 1 aliphatic carbocycles. The van der Waals surface area contributed by atoms with Crippen molar-refractivity contribution in [3.63, 3.8) is 0 Å². The third kappa shape index (κ3) is 3.19. The maximum atomic E-state index is 12.3. The van der Waals surface area contributed by atoms with E-state index < -0.39 is 5.60 Å². The monoisotopic (exact) mass is 356 g/mol. The van der Waals surface area contributed by atoms with Gasteiger partial charge in [-0.25, -0.2) is 0 Å². The van der Waals surface area contributed by atoms with E-state index in [0.717, 1.165) is 11.8 Å². The number of ether oxygens (including phenoxy) is 3. The van der Waals surface area contributed by atoms with Gasteiger partial charge in [-0.1, -0.05) is 19.1 Å². The van der Waals surface area contributed by atoms with E-state index in [0.29, 0.717) is 36.3 Å². The van der Waals surface area contributed by atoms with Crippen molar-refractivity contribution in [3.8, 4) is 5.75 Å². The Morgan fingerprint density at radius 3 is 2.96 bits per heavy atom. The summed E-state index contributed by atoms with van der Waals surface area (Å²) in [5, 5.41) is 0. The van der Waals surface area contributed by atoms with Crippen LogP contribution in [0, 0.1) is 11.8 Å². The summed E-state index contributed by atoms with van der Waals surface area (Å²) in [6.07, 6.45) is 6.06. The number of hydrogen-bond donors (Lipinski definition) is 0. The van der Waals surface area contributed by atoms with Gasteiger partial charge in [0, 0.05) is 12.0 Å². The summed E-state index contributed by atoms with van der Waals surface area (Å²) in [7, 11) is 1.54. The molecule has 3 atom stereocenters. The molecule has 0 aromatic heterocycles. The molecule has 138 valence electrons. The zero-order valence-electron chi connectivity index (χ0n) is 15.2. The van der Waals surface area contributed by atoms with Crippen molar-refractivity contribution in [2.24, 2.45) is 11.8 Å². The van der Waals surface area contributed by atoms with Crippen LogP contribution in [0.5, 0.6) is 5.75 Å². The van der Waals surface area contributed by atoms with Gasteiger partial charge in [0.1, 0.15) is 17.1 Å². The molecule has 1 saturated heterocycles. The second kappa shape index (κ2) is 7.46. The molecule has 5 nitrogen and oxygen atoms in total. The molecule has 1 heterocycles. The topological polar surface area (TPSA) is 61.8 Å². The van der Waals surface area contributed by atoms with E-state index in [-0.39, 0.29) is 24.4 Å². The molecule has 26 heavy (non-hydrogen) atoms. The van der Waals surface area contributed by atoms with Crippen molar-refractivity contribution in [2.75, 3.05) is 13.9 Å².